The predicted octanol–water partition coefficient (Wildman–Crippen LogP) is -1.12. The maximum atomic E-state index is 4.69. The van der Waals surface area contributed by atoms with E-state index in [1.807, 2.05) is 0 Å². The number of quaternary nitrogens is 1. The number of nitrogens with one attached hydrogen (secondary N) is 1. The molecule has 0 amide bonds. The third kappa shape index (κ3) is 1.49. The van der Waals surface area contributed by atoms with E-state index in [4.69, 9.17) is 4.99 Å². The minimum Gasteiger partial charge on any atom is -1.00 e. The Kier molecular flexibility index (Phi) is 2.80. The van der Waals surface area contributed by atoms with Crippen molar-refractivity contribution in [3.05, 3.63) is 35.0 Å². The first-order valence-electron chi connectivity index (χ1n) is 6.57. The molecule has 18 heavy (non-hydrogen) atoms. The Morgan fingerprint density at radius 3 is 3.11 bits per heavy atom. The van der Waals surface area contributed by atoms with Crippen LogP contribution >= 0.6 is 0 Å². The summed E-state index contributed by atoms with van der Waals surface area (Å²) >= 11 is 0. The molecule has 94 valence electrons. The van der Waals surface area contributed by atoms with Gasteiger partial charge < -0.3 is 12.4 Å². The van der Waals surface area contributed by atoms with Crippen molar-refractivity contribution in [2.45, 2.75) is 32.2 Å². The molecule has 2 atom stereocenters. The van der Waals surface area contributed by atoms with Crippen molar-refractivity contribution in [3.8, 4) is 0 Å². The highest BCUT2D eigenvalue weighted by Gasteiger charge is 2.41. The molecule has 4 rings (SSSR count). The van der Waals surface area contributed by atoms with E-state index in [1.165, 1.54) is 36.1 Å². The molecule has 1 aliphatic carbocycles. The Labute approximate surface area is 114 Å². The number of benzene rings is 1. The van der Waals surface area contributed by atoms with Crippen LogP contribution in [-0.4, -0.2) is 18.8 Å². The lowest BCUT2D eigenvalue weighted by Crippen LogP contribution is -3.06. The Morgan fingerprint density at radius 2 is 2.22 bits per heavy atom. The van der Waals surface area contributed by atoms with E-state index in [0.29, 0.717) is 6.04 Å². The van der Waals surface area contributed by atoms with E-state index in [0.717, 1.165) is 6.54 Å². The van der Waals surface area contributed by atoms with E-state index in [2.05, 4.69) is 31.3 Å². The SMILES string of the molecule is Cc1ccc2c(c1)C1=C3C(CCC1)N=CC[NH+]32.[Cl-]. The highest BCUT2D eigenvalue weighted by atomic mass is 35.5. The van der Waals surface area contributed by atoms with Crippen molar-refractivity contribution in [1.29, 1.82) is 0 Å². The molecule has 1 aromatic rings. The molecule has 0 spiro atoms. The van der Waals surface area contributed by atoms with Gasteiger partial charge in [-0.1, -0.05) is 11.6 Å². The van der Waals surface area contributed by atoms with Crippen molar-refractivity contribution in [2.75, 3.05) is 6.54 Å². The number of rotatable bonds is 0. The molecular formula is C15H17ClN2. The van der Waals surface area contributed by atoms with Crippen molar-refractivity contribution < 1.29 is 17.3 Å². The molecule has 0 aromatic heterocycles. The second-order valence-corrected chi connectivity index (χ2v) is 5.36. The summed E-state index contributed by atoms with van der Waals surface area (Å²) in [6, 6.07) is 7.39. The number of hydrogen-bond donors (Lipinski definition) is 1. The Balaban J connectivity index is 0.000001000. The van der Waals surface area contributed by atoms with Crippen molar-refractivity contribution >= 4 is 17.5 Å². The van der Waals surface area contributed by atoms with Crippen LogP contribution in [0.3, 0.4) is 0 Å². The van der Waals surface area contributed by atoms with Gasteiger partial charge in [0.1, 0.15) is 24.0 Å². The first-order chi connectivity index (χ1) is 8.34. The molecule has 0 saturated heterocycles. The number of fused-ring (bicyclic) bond motifs is 3. The summed E-state index contributed by atoms with van der Waals surface area (Å²) in [6.45, 7) is 3.22. The third-order valence-electron chi connectivity index (χ3n) is 4.29. The number of hydrogen-bond acceptors (Lipinski definition) is 1. The van der Waals surface area contributed by atoms with Crippen LogP contribution in [0.25, 0.3) is 5.57 Å². The number of aliphatic imine (C=N–C) groups is 1. The van der Waals surface area contributed by atoms with Crippen molar-refractivity contribution in [1.82, 2.24) is 0 Å². The van der Waals surface area contributed by atoms with E-state index in [-0.39, 0.29) is 12.4 Å². The predicted molar refractivity (Wildman–Crippen MR) is 69.7 cm³/mol. The molecule has 0 bridgehead atoms. The summed E-state index contributed by atoms with van der Waals surface area (Å²) in [5.74, 6) is 0. The van der Waals surface area contributed by atoms with E-state index in [1.54, 1.807) is 16.2 Å². The maximum Gasteiger partial charge on any atom is 0.144 e. The third-order valence-corrected chi connectivity index (χ3v) is 4.29. The summed E-state index contributed by atoms with van der Waals surface area (Å²) in [5.41, 5.74) is 7.55. The van der Waals surface area contributed by atoms with Crippen LogP contribution in [0.15, 0.2) is 28.9 Å². The van der Waals surface area contributed by atoms with E-state index >= 15 is 0 Å². The molecule has 3 aliphatic rings. The van der Waals surface area contributed by atoms with Crippen molar-refractivity contribution in [2.24, 2.45) is 4.99 Å². The van der Waals surface area contributed by atoms with Gasteiger partial charge in [-0.2, -0.15) is 0 Å². The largest absolute Gasteiger partial charge is 1.00 e. The van der Waals surface area contributed by atoms with Gasteiger partial charge in [0, 0.05) is 17.2 Å². The normalized spacial score (nSPS) is 27.6. The fourth-order valence-corrected chi connectivity index (χ4v) is 3.57. The quantitative estimate of drug-likeness (QED) is 0.609. The Morgan fingerprint density at radius 1 is 1.33 bits per heavy atom. The molecule has 2 heterocycles. The van der Waals surface area contributed by atoms with Gasteiger partial charge in [0.05, 0.1) is 6.21 Å². The molecule has 2 unspecified atom stereocenters. The molecule has 0 radical (unpaired) electrons. The van der Waals surface area contributed by atoms with Crippen LogP contribution in [0.4, 0.5) is 5.69 Å². The average Bonchev–Trinajstić information content (AvgIpc) is 2.67. The number of allylic oxidation sites excluding steroid dienone is 1. The summed E-state index contributed by atoms with van der Waals surface area (Å²) < 4.78 is 0. The monoisotopic (exact) mass is 260 g/mol. The lowest BCUT2D eigenvalue weighted by Gasteiger charge is -2.27. The standard InChI is InChI=1S/C15H16N2.ClH/c1-10-5-6-14-12(9-10)11-3-2-4-13-15(11)17(14)8-7-16-13;/h5-7,9,13H,2-4,8H2,1H3;1H. The fraction of sp³-hybridized carbons (Fsp3) is 0.400. The van der Waals surface area contributed by atoms with Gasteiger partial charge >= 0.3 is 0 Å². The fourth-order valence-electron chi connectivity index (χ4n) is 3.57. The Bertz CT molecular complexity index is 560. The topological polar surface area (TPSA) is 16.8 Å². The zero-order valence-electron chi connectivity index (χ0n) is 10.5. The minimum atomic E-state index is 0. The van der Waals surface area contributed by atoms with Gasteiger partial charge in [-0.3, -0.25) is 9.89 Å². The molecule has 0 saturated carbocycles. The minimum absolute atomic E-state index is 0. The second-order valence-electron chi connectivity index (χ2n) is 5.36. The zero-order valence-corrected chi connectivity index (χ0v) is 11.3. The molecule has 0 fully saturated rings. The van der Waals surface area contributed by atoms with Crippen LogP contribution in [0.2, 0.25) is 0 Å². The van der Waals surface area contributed by atoms with Crippen molar-refractivity contribution in [3.63, 3.8) is 0 Å². The van der Waals surface area contributed by atoms with Gasteiger partial charge in [0.15, 0.2) is 0 Å². The lowest BCUT2D eigenvalue weighted by molar-refractivity contribution is -0.779. The Hall–Kier alpha value is -1.12. The smallest absolute Gasteiger partial charge is 0.144 e. The highest BCUT2D eigenvalue weighted by Crippen LogP contribution is 2.39. The zero-order chi connectivity index (χ0) is 11.4. The van der Waals surface area contributed by atoms with Gasteiger partial charge in [-0.05, 0) is 32.3 Å². The van der Waals surface area contributed by atoms with Crippen LogP contribution in [0.1, 0.15) is 30.4 Å². The van der Waals surface area contributed by atoms with Crippen LogP contribution in [0.5, 0.6) is 0 Å². The number of nitrogens with zero attached hydrogens (tertiary/aromatic N) is 1. The maximum absolute atomic E-state index is 4.69. The van der Waals surface area contributed by atoms with Gasteiger partial charge in [-0.15, -0.1) is 0 Å². The highest BCUT2D eigenvalue weighted by molar-refractivity contribution is 5.81. The van der Waals surface area contributed by atoms with Gasteiger partial charge in [0.25, 0.3) is 0 Å². The summed E-state index contributed by atoms with van der Waals surface area (Å²) in [7, 11) is 0. The lowest BCUT2D eigenvalue weighted by atomic mass is 9.89. The molecule has 1 N–H and O–H groups in total. The van der Waals surface area contributed by atoms with Gasteiger partial charge in [0.2, 0.25) is 0 Å². The molecular weight excluding hydrogens is 244 g/mol. The first-order valence-corrected chi connectivity index (χ1v) is 6.57. The van der Waals surface area contributed by atoms with Crippen LogP contribution < -0.4 is 17.3 Å². The number of halogens is 1. The molecule has 2 nitrogen and oxygen atoms in total. The number of aryl methyl sites for hydroxylation is 1. The average molecular weight is 261 g/mol. The molecule has 2 aliphatic heterocycles. The van der Waals surface area contributed by atoms with E-state index in [9.17, 15) is 0 Å². The summed E-state index contributed by atoms with van der Waals surface area (Å²) in [6.07, 6.45) is 5.91. The van der Waals surface area contributed by atoms with Crippen LogP contribution in [-0.2, 0) is 0 Å². The van der Waals surface area contributed by atoms with E-state index < -0.39 is 0 Å². The molecule has 3 heteroatoms. The summed E-state index contributed by atoms with van der Waals surface area (Å²) in [5, 5.41) is 0. The second kappa shape index (κ2) is 4.22. The molecule has 1 aromatic carbocycles. The van der Waals surface area contributed by atoms with Crippen LogP contribution in [0, 0.1) is 6.92 Å². The first kappa shape index (κ1) is 11.9. The van der Waals surface area contributed by atoms with Gasteiger partial charge in [-0.25, -0.2) is 0 Å². The summed E-state index contributed by atoms with van der Waals surface area (Å²) in [4.78, 5) is 6.26.